The van der Waals surface area contributed by atoms with E-state index in [0.717, 1.165) is 30.6 Å². The van der Waals surface area contributed by atoms with Crippen LogP contribution in [0.1, 0.15) is 53.7 Å². The first-order chi connectivity index (χ1) is 15.4. The summed E-state index contributed by atoms with van der Waals surface area (Å²) < 4.78 is 78.4. The van der Waals surface area contributed by atoms with E-state index in [1.807, 2.05) is 0 Å². The zero-order valence-electron chi connectivity index (χ0n) is 17.2. The van der Waals surface area contributed by atoms with Gasteiger partial charge in [-0.25, -0.2) is 4.98 Å². The van der Waals surface area contributed by atoms with Gasteiger partial charge in [0.1, 0.15) is 5.78 Å². The molecular weight excluding hydrogens is 470 g/mol. The van der Waals surface area contributed by atoms with Crippen LogP contribution in [0.15, 0.2) is 24.4 Å². The summed E-state index contributed by atoms with van der Waals surface area (Å²) >= 11 is 0.996. The summed E-state index contributed by atoms with van der Waals surface area (Å²) in [6.45, 7) is 0. The number of halogens is 6. The van der Waals surface area contributed by atoms with Gasteiger partial charge in [0.05, 0.1) is 11.1 Å². The largest absolute Gasteiger partial charge is 0.416 e. The van der Waals surface area contributed by atoms with Gasteiger partial charge < -0.3 is 5.32 Å². The predicted molar refractivity (Wildman–Crippen MR) is 109 cm³/mol. The maximum Gasteiger partial charge on any atom is 0.416 e. The predicted octanol–water partition coefficient (Wildman–Crippen LogP) is 6.11. The van der Waals surface area contributed by atoms with Crippen molar-refractivity contribution in [1.82, 2.24) is 4.98 Å². The van der Waals surface area contributed by atoms with Gasteiger partial charge in [0.2, 0.25) is 5.91 Å². The lowest BCUT2D eigenvalue weighted by Crippen LogP contribution is -2.40. The average Bonchev–Trinajstić information content (AvgIpc) is 3.12. The molecule has 1 heterocycles. The van der Waals surface area contributed by atoms with E-state index in [2.05, 4.69) is 10.3 Å². The molecule has 4 rings (SSSR count). The molecule has 1 aromatic heterocycles. The highest BCUT2D eigenvalue weighted by Crippen LogP contribution is 2.41. The minimum Gasteiger partial charge on any atom is -0.302 e. The SMILES string of the molecule is O=C(Nc1ncc(Cc2cc(C(F)(F)F)cc(C(F)(F)F)c2)s1)C1CC2CCCC(C1)C2=O. The molecule has 0 radical (unpaired) electrons. The molecule has 2 fully saturated rings. The molecule has 2 aliphatic carbocycles. The van der Waals surface area contributed by atoms with Gasteiger partial charge in [-0.05, 0) is 49.4 Å². The van der Waals surface area contributed by atoms with Gasteiger partial charge in [-0.3, -0.25) is 9.59 Å². The number of carbonyl (C=O) groups is 2. The third-order valence-corrected chi connectivity index (χ3v) is 7.14. The lowest BCUT2D eigenvalue weighted by molar-refractivity contribution is -0.143. The van der Waals surface area contributed by atoms with E-state index in [4.69, 9.17) is 0 Å². The third kappa shape index (κ3) is 5.39. The monoisotopic (exact) mass is 490 g/mol. The van der Waals surface area contributed by atoms with Crippen molar-refractivity contribution in [2.24, 2.45) is 17.8 Å². The Morgan fingerprint density at radius 3 is 2.12 bits per heavy atom. The van der Waals surface area contributed by atoms with Crippen LogP contribution in [0.25, 0.3) is 0 Å². The van der Waals surface area contributed by atoms with E-state index < -0.39 is 23.5 Å². The molecular formula is C22H20F6N2O2S. The number of amides is 1. The van der Waals surface area contributed by atoms with Crippen LogP contribution in [-0.4, -0.2) is 16.7 Å². The maximum absolute atomic E-state index is 13.1. The number of hydrogen-bond acceptors (Lipinski definition) is 4. The number of fused-ring (bicyclic) bond motifs is 2. The maximum atomic E-state index is 13.1. The quantitative estimate of drug-likeness (QED) is 0.527. The summed E-state index contributed by atoms with van der Waals surface area (Å²) in [6, 6.07) is 1.46. The van der Waals surface area contributed by atoms with Crippen LogP contribution in [0, 0.1) is 17.8 Å². The summed E-state index contributed by atoms with van der Waals surface area (Å²) in [5, 5.41) is 2.91. The summed E-state index contributed by atoms with van der Waals surface area (Å²) in [5.74, 6) is -0.532. The van der Waals surface area contributed by atoms with E-state index in [1.54, 1.807) is 0 Å². The molecule has 2 saturated carbocycles. The Balaban J connectivity index is 1.46. The van der Waals surface area contributed by atoms with Crippen molar-refractivity contribution < 1.29 is 35.9 Å². The van der Waals surface area contributed by atoms with Crippen LogP contribution in [0.3, 0.4) is 0 Å². The summed E-state index contributed by atoms with van der Waals surface area (Å²) in [4.78, 5) is 29.3. The molecule has 1 amide bonds. The minimum absolute atomic E-state index is 0.0894. The summed E-state index contributed by atoms with van der Waals surface area (Å²) in [7, 11) is 0. The Morgan fingerprint density at radius 1 is 1.00 bits per heavy atom. The Kier molecular flexibility index (Phi) is 6.28. The Labute approximate surface area is 189 Å². The Morgan fingerprint density at radius 2 is 1.58 bits per heavy atom. The van der Waals surface area contributed by atoms with Gasteiger partial charge in [0, 0.05) is 35.2 Å². The molecule has 0 saturated heterocycles. The average molecular weight is 490 g/mol. The number of Topliss-reactive ketones (excluding diaryl/α,β-unsaturated/α-hetero) is 1. The molecule has 33 heavy (non-hydrogen) atoms. The molecule has 2 bridgehead atoms. The number of carbonyl (C=O) groups excluding carboxylic acids is 2. The fourth-order valence-electron chi connectivity index (χ4n) is 4.67. The van der Waals surface area contributed by atoms with Crippen LogP contribution in [0.2, 0.25) is 0 Å². The Hall–Kier alpha value is -2.43. The number of nitrogens with zero attached hydrogens (tertiary/aromatic N) is 1. The second-order valence-electron chi connectivity index (χ2n) is 8.61. The topological polar surface area (TPSA) is 59.1 Å². The summed E-state index contributed by atoms with van der Waals surface area (Å²) in [5.41, 5.74) is -2.90. The number of rotatable bonds is 4. The van der Waals surface area contributed by atoms with Crippen molar-refractivity contribution >= 4 is 28.2 Å². The number of hydrogen-bond donors (Lipinski definition) is 1. The van der Waals surface area contributed by atoms with Crippen LogP contribution < -0.4 is 5.32 Å². The smallest absolute Gasteiger partial charge is 0.302 e. The van der Waals surface area contributed by atoms with Gasteiger partial charge >= 0.3 is 12.4 Å². The van der Waals surface area contributed by atoms with E-state index in [0.29, 0.717) is 29.9 Å². The van der Waals surface area contributed by atoms with Crippen LogP contribution >= 0.6 is 11.3 Å². The van der Waals surface area contributed by atoms with E-state index in [9.17, 15) is 35.9 Å². The highest BCUT2D eigenvalue weighted by Gasteiger charge is 2.41. The molecule has 1 aromatic carbocycles. The molecule has 0 aliphatic heterocycles. The molecule has 0 spiro atoms. The third-order valence-electron chi connectivity index (χ3n) is 6.23. The minimum atomic E-state index is -4.91. The second kappa shape index (κ2) is 8.73. The van der Waals surface area contributed by atoms with Crippen molar-refractivity contribution in [3.05, 3.63) is 46.0 Å². The lowest BCUT2D eigenvalue weighted by atomic mass is 9.67. The van der Waals surface area contributed by atoms with Crippen molar-refractivity contribution in [3.8, 4) is 0 Å². The highest BCUT2D eigenvalue weighted by atomic mass is 32.1. The van der Waals surface area contributed by atoms with Crippen molar-refractivity contribution in [3.63, 3.8) is 0 Å². The van der Waals surface area contributed by atoms with E-state index in [-0.39, 0.29) is 52.6 Å². The van der Waals surface area contributed by atoms with E-state index >= 15 is 0 Å². The highest BCUT2D eigenvalue weighted by molar-refractivity contribution is 7.15. The molecule has 2 aliphatic rings. The standard InChI is InChI=1S/C22H20F6N2O2S/c23-21(24,25)15-4-11(5-16(9-15)22(26,27)28)6-17-10-29-20(33-17)30-19(32)14-7-12-2-1-3-13(8-14)18(12)31/h4-5,9-10,12-14H,1-3,6-8H2,(H,29,30,32). The van der Waals surface area contributed by atoms with Gasteiger partial charge in [-0.1, -0.05) is 6.42 Å². The molecule has 4 nitrogen and oxygen atoms in total. The zero-order chi connectivity index (χ0) is 24.0. The van der Waals surface area contributed by atoms with Crippen LogP contribution in [-0.2, 0) is 28.4 Å². The van der Waals surface area contributed by atoms with Gasteiger partial charge in [-0.15, -0.1) is 11.3 Å². The molecule has 2 unspecified atom stereocenters. The fourth-order valence-corrected chi connectivity index (χ4v) is 5.52. The first kappa shape index (κ1) is 23.7. The fraction of sp³-hybridized carbons (Fsp3) is 0.500. The normalized spacial score (nSPS) is 23.5. The number of benzene rings is 1. The molecule has 2 atom stereocenters. The van der Waals surface area contributed by atoms with E-state index in [1.165, 1.54) is 6.20 Å². The van der Waals surface area contributed by atoms with Gasteiger partial charge in [0.25, 0.3) is 0 Å². The molecule has 11 heteroatoms. The van der Waals surface area contributed by atoms with Crippen LogP contribution in [0.4, 0.5) is 31.5 Å². The van der Waals surface area contributed by atoms with Gasteiger partial charge in [-0.2, -0.15) is 26.3 Å². The van der Waals surface area contributed by atoms with Crippen molar-refractivity contribution in [2.45, 2.75) is 50.9 Å². The van der Waals surface area contributed by atoms with Crippen LogP contribution in [0.5, 0.6) is 0 Å². The number of anilines is 1. The first-order valence-corrected chi connectivity index (χ1v) is 11.3. The lowest BCUT2D eigenvalue weighted by Gasteiger charge is -2.36. The number of nitrogens with one attached hydrogen (secondary N) is 1. The first-order valence-electron chi connectivity index (χ1n) is 10.5. The number of alkyl halides is 6. The second-order valence-corrected chi connectivity index (χ2v) is 9.72. The Bertz CT molecular complexity index is 1010. The molecule has 178 valence electrons. The number of aromatic nitrogens is 1. The molecule has 1 N–H and O–H groups in total. The number of ketones is 1. The summed E-state index contributed by atoms with van der Waals surface area (Å²) in [6.07, 6.45) is -5.15. The zero-order valence-corrected chi connectivity index (χ0v) is 18.0. The van der Waals surface area contributed by atoms with Gasteiger partial charge in [0.15, 0.2) is 5.13 Å². The van der Waals surface area contributed by atoms with Crippen molar-refractivity contribution in [2.75, 3.05) is 5.32 Å². The van der Waals surface area contributed by atoms with Crippen molar-refractivity contribution in [1.29, 1.82) is 0 Å². The number of thiazole rings is 1. The molecule has 2 aromatic rings.